The third-order valence-electron chi connectivity index (χ3n) is 1.82. The Morgan fingerprint density at radius 3 is 2.12 bits per heavy atom. The average molecular weight is 225 g/mol. The van der Waals surface area contributed by atoms with Crippen LogP contribution in [0.4, 0.5) is 0 Å². The predicted octanol–water partition coefficient (Wildman–Crippen LogP) is 1.75. The molecular formula is C13H23NO2. The van der Waals surface area contributed by atoms with Gasteiger partial charge in [0, 0.05) is 5.41 Å². The van der Waals surface area contributed by atoms with Crippen molar-refractivity contribution in [1.82, 2.24) is 0 Å². The molecule has 0 aliphatic carbocycles. The fourth-order valence-electron chi connectivity index (χ4n) is 0.757. The van der Waals surface area contributed by atoms with E-state index in [9.17, 15) is 4.79 Å². The molecule has 0 saturated carbocycles. The van der Waals surface area contributed by atoms with Crippen LogP contribution in [0, 0.1) is 17.3 Å². The maximum absolute atomic E-state index is 11.3. The van der Waals surface area contributed by atoms with Crippen molar-refractivity contribution in [3.8, 4) is 11.8 Å². The Labute approximate surface area is 98.7 Å². The number of ketones is 1. The predicted molar refractivity (Wildman–Crippen MR) is 65.9 cm³/mol. The summed E-state index contributed by atoms with van der Waals surface area (Å²) in [5, 5.41) is 0. The van der Waals surface area contributed by atoms with E-state index >= 15 is 0 Å². The molecule has 3 heteroatoms. The quantitative estimate of drug-likeness (QED) is 0.742. The highest BCUT2D eigenvalue weighted by atomic mass is 16.5. The van der Waals surface area contributed by atoms with Crippen LogP contribution in [0.25, 0.3) is 0 Å². The van der Waals surface area contributed by atoms with Crippen molar-refractivity contribution in [1.29, 1.82) is 0 Å². The number of nitrogens with two attached hydrogens (primary N) is 1. The smallest absolute Gasteiger partial charge is 0.174 e. The molecule has 0 bridgehead atoms. The molecule has 0 amide bonds. The second kappa shape index (κ2) is 5.47. The lowest BCUT2D eigenvalue weighted by Gasteiger charge is -2.20. The van der Waals surface area contributed by atoms with E-state index in [1.165, 1.54) is 0 Å². The number of hydrogen-bond donors (Lipinski definition) is 1. The van der Waals surface area contributed by atoms with E-state index in [2.05, 4.69) is 11.8 Å². The minimum absolute atomic E-state index is 0.0174. The Balaban J connectivity index is 4.35. The molecule has 0 aromatic carbocycles. The van der Waals surface area contributed by atoms with E-state index < -0.39 is 11.6 Å². The van der Waals surface area contributed by atoms with Crippen LogP contribution < -0.4 is 5.73 Å². The first-order valence-electron chi connectivity index (χ1n) is 5.50. The minimum atomic E-state index is -0.613. The third-order valence-corrected chi connectivity index (χ3v) is 1.82. The highest BCUT2D eigenvalue weighted by molar-refractivity contribution is 5.84. The first kappa shape index (κ1) is 15.2. The lowest BCUT2D eigenvalue weighted by molar-refractivity contribution is -0.127. The molecule has 1 atom stereocenters. The summed E-state index contributed by atoms with van der Waals surface area (Å²) < 4.78 is 5.44. The normalized spacial score (nSPS) is 13.9. The molecule has 0 fully saturated rings. The van der Waals surface area contributed by atoms with Crippen LogP contribution in [0.1, 0.15) is 41.5 Å². The van der Waals surface area contributed by atoms with E-state index in [0.717, 1.165) is 0 Å². The molecule has 92 valence electrons. The lowest BCUT2D eigenvalue weighted by atomic mass is 9.96. The van der Waals surface area contributed by atoms with Crippen molar-refractivity contribution in [2.24, 2.45) is 11.1 Å². The number of Topliss-reactive ketones (excluding diaryl/α,β-unsaturated/α-hetero) is 1. The monoisotopic (exact) mass is 225 g/mol. The zero-order valence-electron chi connectivity index (χ0n) is 11.2. The number of carbonyl (C=O) groups excluding carboxylic acids is 1. The van der Waals surface area contributed by atoms with Gasteiger partial charge in [0.2, 0.25) is 0 Å². The number of ether oxygens (including phenoxy) is 1. The molecule has 3 nitrogen and oxygen atoms in total. The van der Waals surface area contributed by atoms with Gasteiger partial charge in [0.15, 0.2) is 5.78 Å². The van der Waals surface area contributed by atoms with Crippen LogP contribution in [-0.4, -0.2) is 24.0 Å². The zero-order valence-corrected chi connectivity index (χ0v) is 11.2. The maximum atomic E-state index is 11.3. The molecule has 0 aromatic heterocycles. The topological polar surface area (TPSA) is 52.3 Å². The second-order valence-corrected chi connectivity index (χ2v) is 5.55. The molecule has 0 aromatic rings. The van der Waals surface area contributed by atoms with Crippen molar-refractivity contribution in [3.05, 3.63) is 0 Å². The van der Waals surface area contributed by atoms with Crippen molar-refractivity contribution >= 4 is 5.78 Å². The third kappa shape index (κ3) is 7.44. The second-order valence-electron chi connectivity index (χ2n) is 5.55. The zero-order chi connectivity index (χ0) is 13.0. The molecular weight excluding hydrogens is 202 g/mol. The fourth-order valence-corrected chi connectivity index (χ4v) is 0.757. The maximum Gasteiger partial charge on any atom is 0.174 e. The van der Waals surface area contributed by atoms with Crippen LogP contribution >= 0.6 is 0 Å². The molecule has 0 aliphatic rings. The van der Waals surface area contributed by atoms with E-state index in [1.54, 1.807) is 6.92 Å². The summed E-state index contributed by atoms with van der Waals surface area (Å²) in [6.07, 6.45) is 0. The summed E-state index contributed by atoms with van der Waals surface area (Å²) in [6.45, 7) is 11.5. The summed E-state index contributed by atoms with van der Waals surface area (Å²) in [4.78, 5) is 11.3. The van der Waals surface area contributed by atoms with Gasteiger partial charge < -0.3 is 10.5 Å². The summed E-state index contributed by atoms with van der Waals surface area (Å²) in [5.74, 6) is 6.02. The highest BCUT2D eigenvalue weighted by Crippen LogP contribution is 2.13. The summed E-state index contributed by atoms with van der Waals surface area (Å²) in [7, 11) is 0. The SMILES string of the molecule is C[C@H](N)C(=O)COC(C)(C)C#CC(C)(C)C. The van der Waals surface area contributed by atoms with Gasteiger partial charge in [-0.25, -0.2) is 0 Å². The number of rotatable bonds is 4. The van der Waals surface area contributed by atoms with Crippen molar-refractivity contribution < 1.29 is 9.53 Å². The van der Waals surface area contributed by atoms with Gasteiger partial charge in [-0.3, -0.25) is 4.79 Å². The first-order chi connectivity index (χ1) is 7.03. The Kier molecular flexibility index (Phi) is 5.18. The standard InChI is InChI=1S/C13H23NO2/c1-10(14)11(15)9-16-13(5,6)8-7-12(2,3)4/h10H,9,14H2,1-6H3/t10-/m0/s1. The summed E-state index contributed by atoms with van der Waals surface area (Å²) >= 11 is 0. The Bertz CT molecular complexity index is 300. The van der Waals surface area contributed by atoms with Crippen molar-refractivity contribution in [2.45, 2.75) is 53.2 Å². The Hall–Kier alpha value is -0.850. The minimum Gasteiger partial charge on any atom is -0.355 e. The molecule has 0 unspecified atom stereocenters. The molecule has 0 radical (unpaired) electrons. The average Bonchev–Trinajstić information content (AvgIpc) is 2.10. The van der Waals surface area contributed by atoms with Gasteiger partial charge in [-0.1, -0.05) is 11.8 Å². The van der Waals surface area contributed by atoms with E-state index in [1.807, 2.05) is 34.6 Å². The molecule has 0 aliphatic heterocycles. The molecule has 0 saturated heterocycles. The van der Waals surface area contributed by atoms with Crippen LogP contribution in [0.5, 0.6) is 0 Å². The Morgan fingerprint density at radius 1 is 1.25 bits per heavy atom. The van der Waals surface area contributed by atoms with E-state index in [-0.39, 0.29) is 17.8 Å². The summed E-state index contributed by atoms with van der Waals surface area (Å²) in [6, 6.07) is -0.480. The molecule has 16 heavy (non-hydrogen) atoms. The Morgan fingerprint density at radius 2 is 1.75 bits per heavy atom. The van der Waals surface area contributed by atoms with Gasteiger partial charge in [-0.05, 0) is 41.5 Å². The van der Waals surface area contributed by atoms with Crippen LogP contribution in [0.3, 0.4) is 0 Å². The largest absolute Gasteiger partial charge is 0.355 e. The first-order valence-corrected chi connectivity index (χ1v) is 5.50. The van der Waals surface area contributed by atoms with Crippen molar-refractivity contribution in [2.75, 3.05) is 6.61 Å². The van der Waals surface area contributed by atoms with Gasteiger partial charge in [0.05, 0.1) is 6.04 Å². The van der Waals surface area contributed by atoms with E-state index in [4.69, 9.17) is 10.5 Å². The van der Waals surface area contributed by atoms with Crippen molar-refractivity contribution in [3.63, 3.8) is 0 Å². The van der Waals surface area contributed by atoms with Crippen LogP contribution in [0.2, 0.25) is 0 Å². The highest BCUT2D eigenvalue weighted by Gasteiger charge is 2.19. The summed E-state index contributed by atoms with van der Waals surface area (Å²) in [5.41, 5.74) is 4.77. The van der Waals surface area contributed by atoms with Gasteiger partial charge in [0.1, 0.15) is 12.2 Å². The van der Waals surface area contributed by atoms with E-state index in [0.29, 0.717) is 0 Å². The molecule has 0 spiro atoms. The van der Waals surface area contributed by atoms with Gasteiger partial charge >= 0.3 is 0 Å². The molecule has 0 heterocycles. The van der Waals surface area contributed by atoms with Gasteiger partial charge in [0.25, 0.3) is 0 Å². The molecule has 0 rings (SSSR count). The van der Waals surface area contributed by atoms with Crippen LogP contribution in [-0.2, 0) is 9.53 Å². The number of carbonyl (C=O) groups is 1. The van der Waals surface area contributed by atoms with Gasteiger partial charge in [-0.2, -0.15) is 0 Å². The fraction of sp³-hybridized carbons (Fsp3) is 0.769. The van der Waals surface area contributed by atoms with Crippen LogP contribution in [0.15, 0.2) is 0 Å². The number of hydrogen-bond acceptors (Lipinski definition) is 3. The van der Waals surface area contributed by atoms with Gasteiger partial charge in [-0.15, -0.1) is 0 Å². The molecule has 2 N–H and O–H groups in total. The lowest BCUT2D eigenvalue weighted by Crippen LogP contribution is -2.34.